The largest absolute Gasteiger partial charge is 0.416 e. The van der Waals surface area contributed by atoms with Crippen LogP contribution < -0.4 is 0 Å². The van der Waals surface area contributed by atoms with Crippen molar-refractivity contribution in [3.8, 4) is 0 Å². The molecule has 1 fully saturated rings. The molecule has 1 aromatic carbocycles. The van der Waals surface area contributed by atoms with E-state index in [1.807, 2.05) is 0 Å². The Morgan fingerprint density at radius 2 is 1.72 bits per heavy atom. The third-order valence-corrected chi connectivity index (χ3v) is 4.48. The van der Waals surface area contributed by atoms with Crippen molar-refractivity contribution in [1.82, 2.24) is 9.88 Å². The molecule has 1 aliphatic rings. The molecule has 1 N–H and O–H groups in total. The Labute approximate surface area is 142 Å². The minimum Gasteiger partial charge on any atom is -0.383 e. The molecule has 132 valence electrons. The first-order valence-electron chi connectivity index (χ1n) is 7.90. The molecule has 0 spiro atoms. The fraction of sp³-hybridized carbons (Fsp3) is 0.333. The van der Waals surface area contributed by atoms with E-state index in [4.69, 9.17) is 0 Å². The fourth-order valence-electron chi connectivity index (χ4n) is 2.96. The summed E-state index contributed by atoms with van der Waals surface area (Å²) in [7, 11) is 0. The Hall–Kier alpha value is -2.41. The molecular formula is C18H17F3N2O2. The predicted molar refractivity (Wildman–Crippen MR) is 84.7 cm³/mol. The van der Waals surface area contributed by atoms with Gasteiger partial charge in [-0.1, -0.05) is 6.07 Å². The van der Waals surface area contributed by atoms with Crippen LogP contribution in [-0.4, -0.2) is 34.0 Å². The van der Waals surface area contributed by atoms with Crippen LogP contribution in [0, 0.1) is 0 Å². The van der Waals surface area contributed by atoms with Gasteiger partial charge in [0, 0.05) is 24.8 Å². The normalized spacial score (nSPS) is 17.4. The van der Waals surface area contributed by atoms with Gasteiger partial charge in [-0.15, -0.1) is 0 Å². The van der Waals surface area contributed by atoms with Crippen molar-refractivity contribution in [2.45, 2.75) is 24.6 Å². The quantitative estimate of drug-likeness (QED) is 0.905. The lowest BCUT2D eigenvalue weighted by Gasteiger charge is -2.37. The van der Waals surface area contributed by atoms with Crippen molar-refractivity contribution in [3.05, 3.63) is 65.5 Å². The Morgan fingerprint density at radius 3 is 2.24 bits per heavy atom. The monoisotopic (exact) mass is 350 g/mol. The maximum atomic E-state index is 12.6. The first-order chi connectivity index (χ1) is 11.8. The van der Waals surface area contributed by atoms with Crippen LogP contribution in [0.15, 0.2) is 48.7 Å². The van der Waals surface area contributed by atoms with Crippen LogP contribution >= 0.6 is 0 Å². The number of benzene rings is 1. The average Bonchev–Trinajstić information content (AvgIpc) is 2.62. The molecule has 1 saturated heterocycles. The van der Waals surface area contributed by atoms with E-state index in [1.165, 1.54) is 12.1 Å². The van der Waals surface area contributed by atoms with Gasteiger partial charge >= 0.3 is 6.18 Å². The third kappa shape index (κ3) is 3.66. The van der Waals surface area contributed by atoms with Crippen molar-refractivity contribution in [2.75, 3.05) is 13.1 Å². The SMILES string of the molecule is O=C(c1ccc(C(F)(F)F)cc1)N1CCC(O)(c2ccccn2)CC1. The Balaban J connectivity index is 1.68. The summed E-state index contributed by atoms with van der Waals surface area (Å²) >= 11 is 0. The maximum absolute atomic E-state index is 12.6. The highest BCUT2D eigenvalue weighted by Crippen LogP contribution is 2.32. The van der Waals surface area contributed by atoms with Gasteiger partial charge in [0.1, 0.15) is 5.60 Å². The topological polar surface area (TPSA) is 53.4 Å². The lowest BCUT2D eigenvalue weighted by Crippen LogP contribution is -2.45. The summed E-state index contributed by atoms with van der Waals surface area (Å²) in [6, 6.07) is 9.47. The Morgan fingerprint density at radius 1 is 1.08 bits per heavy atom. The summed E-state index contributed by atoms with van der Waals surface area (Å²) in [5.41, 5.74) is -1.10. The number of hydrogen-bond acceptors (Lipinski definition) is 3. The molecule has 7 heteroatoms. The Bertz CT molecular complexity index is 737. The van der Waals surface area contributed by atoms with Gasteiger partial charge in [0.15, 0.2) is 0 Å². The number of amides is 1. The molecule has 25 heavy (non-hydrogen) atoms. The summed E-state index contributed by atoms with van der Waals surface area (Å²) in [5, 5.41) is 10.7. The van der Waals surface area contributed by atoms with Crippen LogP contribution in [0.2, 0.25) is 0 Å². The molecule has 0 bridgehead atoms. The summed E-state index contributed by atoms with van der Waals surface area (Å²) in [4.78, 5) is 18.2. The highest BCUT2D eigenvalue weighted by atomic mass is 19.4. The van der Waals surface area contributed by atoms with Crippen LogP contribution in [0.3, 0.4) is 0 Å². The number of nitrogens with zero attached hydrogens (tertiary/aromatic N) is 2. The number of likely N-dealkylation sites (tertiary alicyclic amines) is 1. The lowest BCUT2D eigenvalue weighted by molar-refractivity contribution is -0.137. The highest BCUT2D eigenvalue weighted by molar-refractivity contribution is 5.94. The van der Waals surface area contributed by atoms with Crippen LogP contribution in [0.5, 0.6) is 0 Å². The zero-order valence-electron chi connectivity index (χ0n) is 13.3. The van der Waals surface area contributed by atoms with Crippen LogP contribution in [0.4, 0.5) is 13.2 Å². The maximum Gasteiger partial charge on any atom is 0.416 e. The molecule has 1 aromatic heterocycles. The molecule has 2 aromatic rings. The minimum absolute atomic E-state index is 0.205. The van der Waals surface area contributed by atoms with E-state index >= 15 is 0 Å². The van der Waals surface area contributed by atoms with Crippen molar-refractivity contribution < 1.29 is 23.1 Å². The molecule has 0 aliphatic carbocycles. The smallest absolute Gasteiger partial charge is 0.383 e. The number of alkyl halides is 3. The standard InChI is InChI=1S/C18H17F3N2O2/c19-18(20,21)14-6-4-13(5-7-14)16(24)23-11-8-17(25,9-12-23)15-3-1-2-10-22-15/h1-7,10,25H,8-9,11-12H2. The molecule has 0 saturated carbocycles. The number of pyridine rings is 1. The van der Waals surface area contributed by atoms with Crippen LogP contribution in [0.1, 0.15) is 34.5 Å². The zero-order valence-corrected chi connectivity index (χ0v) is 13.3. The number of aromatic nitrogens is 1. The average molecular weight is 350 g/mol. The predicted octanol–water partition coefficient (Wildman–Crippen LogP) is 3.22. The summed E-state index contributed by atoms with van der Waals surface area (Å²) in [5.74, 6) is -0.336. The number of halogens is 3. The molecule has 1 aliphatic heterocycles. The van der Waals surface area contributed by atoms with Gasteiger partial charge in [-0.2, -0.15) is 13.2 Å². The second-order valence-corrected chi connectivity index (χ2v) is 6.11. The van der Waals surface area contributed by atoms with E-state index in [2.05, 4.69) is 4.98 Å². The zero-order chi connectivity index (χ0) is 18.1. The molecule has 4 nitrogen and oxygen atoms in total. The fourth-order valence-corrected chi connectivity index (χ4v) is 2.96. The molecule has 0 atom stereocenters. The summed E-state index contributed by atoms with van der Waals surface area (Å²) in [6.07, 6.45) is -2.16. The first-order valence-corrected chi connectivity index (χ1v) is 7.90. The molecule has 0 radical (unpaired) electrons. The van der Waals surface area contributed by atoms with Crippen LogP contribution in [0.25, 0.3) is 0 Å². The number of carbonyl (C=O) groups excluding carboxylic acids is 1. The van der Waals surface area contributed by atoms with E-state index in [-0.39, 0.29) is 11.5 Å². The van der Waals surface area contributed by atoms with E-state index in [0.717, 1.165) is 12.1 Å². The highest BCUT2D eigenvalue weighted by Gasteiger charge is 2.37. The molecule has 0 unspecified atom stereocenters. The van der Waals surface area contributed by atoms with Crippen molar-refractivity contribution in [3.63, 3.8) is 0 Å². The van der Waals surface area contributed by atoms with Gasteiger partial charge in [-0.05, 0) is 49.2 Å². The van der Waals surface area contributed by atoms with Gasteiger partial charge in [0.05, 0.1) is 11.3 Å². The van der Waals surface area contributed by atoms with Gasteiger partial charge in [-0.25, -0.2) is 0 Å². The van der Waals surface area contributed by atoms with E-state index < -0.39 is 17.3 Å². The molecule has 1 amide bonds. The summed E-state index contributed by atoms with van der Waals surface area (Å²) in [6.45, 7) is 0.625. The van der Waals surface area contributed by atoms with Gasteiger partial charge in [-0.3, -0.25) is 9.78 Å². The number of hydrogen-bond donors (Lipinski definition) is 1. The van der Waals surface area contributed by atoms with E-state index in [9.17, 15) is 23.1 Å². The van der Waals surface area contributed by atoms with Gasteiger partial charge < -0.3 is 10.0 Å². The van der Waals surface area contributed by atoms with E-state index in [0.29, 0.717) is 31.6 Å². The number of carbonyl (C=O) groups is 1. The molecule has 2 heterocycles. The van der Waals surface area contributed by atoms with Crippen molar-refractivity contribution in [2.24, 2.45) is 0 Å². The molecular weight excluding hydrogens is 333 g/mol. The number of rotatable bonds is 2. The van der Waals surface area contributed by atoms with Gasteiger partial charge in [0.2, 0.25) is 0 Å². The van der Waals surface area contributed by atoms with Gasteiger partial charge in [0.25, 0.3) is 5.91 Å². The second-order valence-electron chi connectivity index (χ2n) is 6.11. The molecule has 3 rings (SSSR count). The second kappa shape index (κ2) is 6.48. The minimum atomic E-state index is -4.42. The first kappa shape index (κ1) is 17.4. The number of aliphatic hydroxyl groups is 1. The van der Waals surface area contributed by atoms with E-state index in [1.54, 1.807) is 29.3 Å². The Kier molecular flexibility index (Phi) is 4.51. The number of piperidine rings is 1. The van der Waals surface area contributed by atoms with Crippen molar-refractivity contribution in [1.29, 1.82) is 0 Å². The summed E-state index contributed by atoms with van der Waals surface area (Å²) < 4.78 is 37.8. The lowest BCUT2D eigenvalue weighted by atomic mass is 9.87. The third-order valence-electron chi connectivity index (χ3n) is 4.48. The van der Waals surface area contributed by atoms with Crippen LogP contribution in [-0.2, 0) is 11.8 Å². The van der Waals surface area contributed by atoms with Crippen molar-refractivity contribution >= 4 is 5.91 Å².